The highest BCUT2D eigenvalue weighted by atomic mass is 15.2. The van der Waals surface area contributed by atoms with Crippen LogP contribution in [-0.2, 0) is 0 Å². The van der Waals surface area contributed by atoms with Crippen molar-refractivity contribution in [1.82, 2.24) is 4.90 Å². The maximum atomic E-state index is 3.92. The molecular weight excluding hydrogens is 184 g/mol. The lowest BCUT2D eigenvalue weighted by Crippen LogP contribution is -2.16. The van der Waals surface area contributed by atoms with Crippen LogP contribution in [-0.4, -0.2) is 19.0 Å². The van der Waals surface area contributed by atoms with Gasteiger partial charge in [0.2, 0.25) is 0 Å². The second-order valence-electron chi connectivity index (χ2n) is 4.24. The third kappa shape index (κ3) is 3.31. The Bertz CT molecular complexity index is 323. The van der Waals surface area contributed by atoms with E-state index in [-0.39, 0.29) is 0 Å². The first-order valence-electron chi connectivity index (χ1n) is 5.24. The summed E-state index contributed by atoms with van der Waals surface area (Å²) in [6.45, 7) is 8.31. The van der Waals surface area contributed by atoms with Gasteiger partial charge in [-0.15, -0.1) is 0 Å². The zero-order valence-corrected chi connectivity index (χ0v) is 10.0. The molecule has 0 aromatic heterocycles. The minimum absolute atomic E-state index is 0.580. The molecule has 2 heteroatoms. The van der Waals surface area contributed by atoms with Gasteiger partial charge in [0, 0.05) is 19.8 Å². The molecule has 0 aliphatic heterocycles. The summed E-state index contributed by atoms with van der Waals surface area (Å²) in [5.74, 6) is 1.48. The molecule has 1 N–H and O–H groups in total. The molecule has 0 atom stereocenters. The summed E-state index contributed by atoms with van der Waals surface area (Å²) >= 11 is 0. The van der Waals surface area contributed by atoms with E-state index in [1.165, 1.54) is 5.56 Å². The SMILES string of the molecule is C=C(Nc1ccc(C(C)C)cc1)N(C)C. The van der Waals surface area contributed by atoms with Crippen LogP contribution in [0.1, 0.15) is 25.3 Å². The van der Waals surface area contributed by atoms with Gasteiger partial charge in [-0.05, 0) is 23.6 Å². The lowest BCUT2D eigenvalue weighted by atomic mass is 10.0. The summed E-state index contributed by atoms with van der Waals surface area (Å²) in [5.41, 5.74) is 2.44. The zero-order chi connectivity index (χ0) is 11.4. The fourth-order valence-electron chi connectivity index (χ4n) is 1.23. The summed E-state index contributed by atoms with van der Waals surface area (Å²) in [7, 11) is 3.94. The third-order valence-corrected chi connectivity index (χ3v) is 2.41. The van der Waals surface area contributed by atoms with Gasteiger partial charge in [-0.3, -0.25) is 0 Å². The molecule has 0 spiro atoms. The number of nitrogens with zero attached hydrogens (tertiary/aromatic N) is 1. The molecule has 0 heterocycles. The predicted octanol–water partition coefficient (Wildman–Crippen LogP) is 3.25. The minimum atomic E-state index is 0.580. The first kappa shape index (κ1) is 11.6. The standard InChI is InChI=1S/C13H20N2/c1-10(2)12-6-8-13(9-7-12)14-11(3)15(4)5/h6-10,14H,3H2,1-2,4-5H3. The van der Waals surface area contributed by atoms with Crippen LogP contribution in [0.2, 0.25) is 0 Å². The molecule has 0 fully saturated rings. The summed E-state index contributed by atoms with van der Waals surface area (Å²) in [6.07, 6.45) is 0. The molecule has 2 nitrogen and oxygen atoms in total. The Morgan fingerprint density at radius 2 is 1.73 bits per heavy atom. The summed E-state index contributed by atoms with van der Waals surface area (Å²) in [6, 6.07) is 8.47. The van der Waals surface area contributed by atoms with Crippen LogP contribution in [0.4, 0.5) is 5.69 Å². The second kappa shape index (κ2) is 4.87. The topological polar surface area (TPSA) is 15.3 Å². The van der Waals surface area contributed by atoms with Crippen molar-refractivity contribution in [1.29, 1.82) is 0 Å². The molecule has 1 aromatic carbocycles. The van der Waals surface area contributed by atoms with Crippen LogP contribution in [0.3, 0.4) is 0 Å². The second-order valence-corrected chi connectivity index (χ2v) is 4.24. The summed E-state index contributed by atoms with van der Waals surface area (Å²) < 4.78 is 0. The normalized spacial score (nSPS) is 10.2. The number of benzene rings is 1. The zero-order valence-electron chi connectivity index (χ0n) is 10.0. The van der Waals surface area contributed by atoms with Crippen molar-refractivity contribution in [3.63, 3.8) is 0 Å². The Morgan fingerprint density at radius 1 is 1.20 bits per heavy atom. The van der Waals surface area contributed by atoms with Crippen molar-refractivity contribution in [2.75, 3.05) is 19.4 Å². The van der Waals surface area contributed by atoms with Crippen LogP contribution >= 0.6 is 0 Å². The van der Waals surface area contributed by atoms with Crippen molar-refractivity contribution < 1.29 is 0 Å². The van der Waals surface area contributed by atoms with Crippen LogP contribution in [0.25, 0.3) is 0 Å². The number of anilines is 1. The maximum absolute atomic E-state index is 3.92. The van der Waals surface area contributed by atoms with Gasteiger partial charge in [-0.25, -0.2) is 0 Å². The highest BCUT2D eigenvalue weighted by molar-refractivity contribution is 5.48. The maximum Gasteiger partial charge on any atom is 0.0978 e. The molecule has 0 radical (unpaired) electrons. The van der Waals surface area contributed by atoms with Crippen molar-refractivity contribution in [3.05, 3.63) is 42.2 Å². The molecule has 0 amide bonds. The Morgan fingerprint density at radius 3 is 2.13 bits per heavy atom. The molecule has 1 aromatic rings. The molecule has 0 aliphatic carbocycles. The molecule has 0 bridgehead atoms. The van der Waals surface area contributed by atoms with Crippen LogP contribution in [0.5, 0.6) is 0 Å². The van der Waals surface area contributed by atoms with E-state index in [9.17, 15) is 0 Å². The van der Waals surface area contributed by atoms with Crippen LogP contribution in [0, 0.1) is 0 Å². The van der Waals surface area contributed by atoms with Crippen LogP contribution in [0.15, 0.2) is 36.7 Å². The van der Waals surface area contributed by atoms with Gasteiger partial charge in [0.25, 0.3) is 0 Å². The van der Waals surface area contributed by atoms with E-state index in [0.717, 1.165) is 11.5 Å². The monoisotopic (exact) mass is 204 g/mol. The fourth-order valence-corrected chi connectivity index (χ4v) is 1.23. The van der Waals surface area contributed by atoms with Gasteiger partial charge < -0.3 is 10.2 Å². The smallest absolute Gasteiger partial charge is 0.0978 e. The van der Waals surface area contributed by atoms with Crippen molar-refractivity contribution in [2.45, 2.75) is 19.8 Å². The third-order valence-electron chi connectivity index (χ3n) is 2.41. The van der Waals surface area contributed by atoms with Crippen molar-refractivity contribution in [3.8, 4) is 0 Å². The van der Waals surface area contributed by atoms with Crippen LogP contribution < -0.4 is 5.32 Å². The van der Waals surface area contributed by atoms with E-state index in [2.05, 4.69) is 50.0 Å². The molecule has 0 saturated carbocycles. The lowest BCUT2D eigenvalue weighted by molar-refractivity contribution is 0.521. The van der Waals surface area contributed by atoms with Gasteiger partial charge >= 0.3 is 0 Å². The summed E-state index contributed by atoms with van der Waals surface area (Å²) in [4.78, 5) is 1.95. The molecule has 0 unspecified atom stereocenters. The molecule has 0 saturated heterocycles. The van der Waals surface area contributed by atoms with Crippen molar-refractivity contribution >= 4 is 5.69 Å². The molecule has 82 valence electrons. The Kier molecular flexibility index (Phi) is 3.78. The first-order chi connectivity index (χ1) is 7.00. The van der Waals surface area contributed by atoms with Gasteiger partial charge in [-0.1, -0.05) is 32.6 Å². The predicted molar refractivity (Wildman–Crippen MR) is 67.0 cm³/mol. The number of hydrogen-bond acceptors (Lipinski definition) is 2. The molecular formula is C13H20N2. The van der Waals surface area contributed by atoms with Gasteiger partial charge in [0.05, 0.1) is 5.82 Å². The minimum Gasteiger partial charge on any atom is -0.365 e. The van der Waals surface area contributed by atoms with Gasteiger partial charge in [0.1, 0.15) is 0 Å². The summed E-state index contributed by atoms with van der Waals surface area (Å²) in [5, 5.41) is 3.24. The average Bonchev–Trinajstić information content (AvgIpc) is 2.18. The van der Waals surface area contributed by atoms with Crippen molar-refractivity contribution in [2.24, 2.45) is 0 Å². The van der Waals surface area contributed by atoms with E-state index in [4.69, 9.17) is 0 Å². The van der Waals surface area contributed by atoms with E-state index in [1.807, 2.05) is 19.0 Å². The molecule has 1 rings (SSSR count). The van der Waals surface area contributed by atoms with E-state index < -0.39 is 0 Å². The fraction of sp³-hybridized carbons (Fsp3) is 0.385. The highest BCUT2D eigenvalue weighted by Gasteiger charge is 2.00. The van der Waals surface area contributed by atoms with E-state index in [0.29, 0.717) is 5.92 Å². The Hall–Kier alpha value is -1.44. The Labute approximate surface area is 92.6 Å². The lowest BCUT2D eigenvalue weighted by Gasteiger charge is -2.17. The Balaban J connectivity index is 2.69. The van der Waals surface area contributed by atoms with E-state index >= 15 is 0 Å². The number of hydrogen-bond donors (Lipinski definition) is 1. The number of rotatable bonds is 4. The van der Waals surface area contributed by atoms with E-state index in [1.54, 1.807) is 0 Å². The first-order valence-corrected chi connectivity index (χ1v) is 5.24. The average molecular weight is 204 g/mol. The van der Waals surface area contributed by atoms with Gasteiger partial charge in [-0.2, -0.15) is 0 Å². The quantitative estimate of drug-likeness (QED) is 0.810. The van der Waals surface area contributed by atoms with Gasteiger partial charge in [0.15, 0.2) is 0 Å². The largest absolute Gasteiger partial charge is 0.365 e. The molecule has 15 heavy (non-hydrogen) atoms. The number of nitrogens with one attached hydrogen (secondary N) is 1. The molecule has 0 aliphatic rings. The highest BCUT2D eigenvalue weighted by Crippen LogP contribution is 2.18.